The average molecular weight is 274 g/mol. The third-order valence-corrected chi connectivity index (χ3v) is 6.41. The van der Waals surface area contributed by atoms with Crippen LogP contribution < -0.4 is 0 Å². The maximum absolute atomic E-state index is 10.8. The molecule has 18 heavy (non-hydrogen) atoms. The van der Waals surface area contributed by atoms with E-state index in [9.17, 15) is 9.59 Å². The van der Waals surface area contributed by atoms with E-state index in [1.807, 2.05) is 6.55 Å². The Morgan fingerprint density at radius 1 is 1.11 bits per heavy atom. The van der Waals surface area contributed by atoms with Crippen LogP contribution in [0.5, 0.6) is 0 Å². The van der Waals surface area contributed by atoms with Gasteiger partial charge < -0.3 is 9.90 Å². The first-order valence-electron chi connectivity index (χ1n) is 7.34. The summed E-state index contributed by atoms with van der Waals surface area (Å²) in [6.45, 7) is 5.80. The van der Waals surface area contributed by atoms with Gasteiger partial charge in [-0.25, -0.2) is 0 Å². The van der Waals surface area contributed by atoms with E-state index in [4.69, 9.17) is 5.11 Å². The molecular formula is C14H30O3Si. The molecule has 2 atom stereocenters. The Hall–Kier alpha value is -0.353. The first-order valence-corrected chi connectivity index (χ1v) is 10.2. The third kappa shape index (κ3) is 9.65. The summed E-state index contributed by atoms with van der Waals surface area (Å²) in [6, 6.07) is 1.33. The summed E-state index contributed by atoms with van der Waals surface area (Å²) >= 11 is 0. The highest BCUT2D eigenvalue weighted by atomic mass is 28.4. The molecule has 0 aromatic carbocycles. The smallest absolute Gasteiger partial charge is 0.306 e. The molecular weight excluding hydrogens is 244 g/mol. The maximum Gasteiger partial charge on any atom is 0.306 e. The molecule has 0 spiro atoms. The largest absolute Gasteiger partial charge is 0.481 e. The minimum Gasteiger partial charge on any atom is -0.481 e. The van der Waals surface area contributed by atoms with Gasteiger partial charge in [-0.05, 0) is 18.6 Å². The summed E-state index contributed by atoms with van der Waals surface area (Å²) in [4.78, 5) is 21.0. The van der Waals surface area contributed by atoms with Crippen LogP contribution in [0.25, 0.3) is 0 Å². The summed E-state index contributed by atoms with van der Waals surface area (Å²) in [7, 11) is -2.29. The van der Waals surface area contributed by atoms with Crippen molar-refractivity contribution in [3.05, 3.63) is 0 Å². The Morgan fingerprint density at radius 3 is 2.11 bits per heavy atom. The molecule has 0 saturated heterocycles. The Morgan fingerprint density at radius 2 is 1.61 bits per heavy atom. The van der Waals surface area contributed by atoms with Gasteiger partial charge in [0.25, 0.3) is 0 Å². The van der Waals surface area contributed by atoms with Crippen LogP contribution >= 0.6 is 0 Å². The summed E-state index contributed by atoms with van der Waals surface area (Å²) in [5, 5.41) is 8.85. The van der Waals surface area contributed by atoms with E-state index >= 15 is 0 Å². The van der Waals surface area contributed by atoms with Crippen molar-refractivity contribution in [2.24, 2.45) is 5.92 Å². The molecule has 0 saturated carbocycles. The number of carboxylic acid groups (broad SMARTS) is 1. The van der Waals surface area contributed by atoms with Crippen LogP contribution in [0.15, 0.2) is 0 Å². The Bertz CT molecular complexity index is 229. The Kier molecular flexibility index (Phi) is 9.37. The highest BCUT2D eigenvalue weighted by Crippen LogP contribution is 2.22. The Balaban J connectivity index is 3.61. The fourth-order valence-electron chi connectivity index (χ4n) is 2.31. The van der Waals surface area contributed by atoms with Gasteiger partial charge >= 0.3 is 5.97 Å². The van der Waals surface area contributed by atoms with Gasteiger partial charge in [-0.15, -0.1) is 0 Å². The van der Waals surface area contributed by atoms with Crippen LogP contribution in [0.1, 0.15) is 58.8 Å². The molecule has 108 valence electrons. The van der Waals surface area contributed by atoms with E-state index < -0.39 is 20.2 Å². The van der Waals surface area contributed by atoms with Gasteiger partial charge in [0.1, 0.15) is 0 Å². The van der Waals surface area contributed by atoms with E-state index in [-0.39, 0.29) is 0 Å². The van der Waals surface area contributed by atoms with Gasteiger partial charge in [0.05, 0.1) is 5.92 Å². The predicted octanol–water partition coefficient (Wildman–Crippen LogP) is 4.03. The molecule has 0 aliphatic carbocycles. The zero-order chi connectivity index (χ0) is 14.0. The molecule has 0 aliphatic rings. The molecule has 0 radical (unpaired) electrons. The number of rotatable bonds is 11. The van der Waals surface area contributed by atoms with Gasteiger partial charge in [0.2, 0.25) is 0 Å². The lowest BCUT2D eigenvalue weighted by molar-refractivity contribution is -0.140. The lowest BCUT2D eigenvalue weighted by atomic mass is 10.1. The highest BCUT2D eigenvalue weighted by molar-refractivity contribution is 6.71. The van der Waals surface area contributed by atoms with Crippen molar-refractivity contribution in [1.82, 2.24) is 0 Å². The molecule has 0 amide bonds. The van der Waals surface area contributed by atoms with Crippen molar-refractivity contribution in [2.45, 2.75) is 77.4 Å². The fraction of sp³-hybridized carbons (Fsp3) is 0.929. The maximum atomic E-state index is 10.8. The van der Waals surface area contributed by atoms with Crippen LogP contribution in [-0.2, 0) is 4.79 Å². The number of unbranched alkanes of at least 4 members (excludes halogenated alkanes) is 6. The zero-order valence-corrected chi connectivity index (χ0v) is 13.2. The molecule has 3 nitrogen and oxygen atoms in total. The molecule has 4 heteroatoms. The summed E-state index contributed by atoms with van der Waals surface area (Å²) in [6.07, 6.45) is 8.69. The van der Waals surface area contributed by atoms with Crippen LogP contribution in [0.2, 0.25) is 18.6 Å². The van der Waals surface area contributed by atoms with Gasteiger partial charge in [0.15, 0.2) is 8.32 Å². The van der Waals surface area contributed by atoms with Crippen molar-refractivity contribution >= 4 is 14.3 Å². The third-order valence-electron chi connectivity index (χ3n) is 3.49. The molecule has 0 bridgehead atoms. The monoisotopic (exact) mass is 274 g/mol. The lowest BCUT2D eigenvalue weighted by Gasteiger charge is -2.22. The van der Waals surface area contributed by atoms with E-state index in [2.05, 4.69) is 6.92 Å². The van der Waals surface area contributed by atoms with E-state index in [0.717, 1.165) is 12.5 Å². The first-order chi connectivity index (χ1) is 8.39. The number of hydrogen-bond donors (Lipinski definition) is 2. The van der Waals surface area contributed by atoms with Gasteiger partial charge in [-0.3, -0.25) is 4.79 Å². The summed E-state index contributed by atoms with van der Waals surface area (Å²) in [5.74, 6) is -1.20. The van der Waals surface area contributed by atoms with E-state index in [1.54, 1.807) is 6.92 Å². The normalized spacial score (nSPS) is 16.2. The second-order valence-electron chi connectivity index (χ2n) is 5.81. The van der Waals surface area contributed by atoms with Crippen LogP contribution in [0, 0.1) is 5.92 Å². The minimum absolute atomic E-state index is 0.406. The van der Waals surface area contributed by atoms with Crippen molar-refractivity contribution in [2.75, 3.05) is 0 Å². The first kappa shape index (κ1) is 17.6. The standard InChI is InChI=1S/C14H30O3Si/c1-4-5-6-7-8-9-10-11-18(3,17)12-13(2)14(15)16/h13,17H,4-12H2,1-3H3,(H,15,16). The molecule has 0 heterocycles. The highest BCUT2D eigenvalue weighted by Gasteiger charge is 2.29. The predicted molar refractivity (Wildman–Crippen MR) is 78.2 cm³/mol. The van der Waals surface area contributed by atoms with Crippen LogP contribution in [0.4, 0.5) is 0 Å². The second kappa shape index (κ2) is 9.56. The molecule has 2 unspecified atom stereocenters. The molecule has 0 aromatic heterocycles. The average Bonchev–Trinajstić information content (AvgIpc) is 2.27. The van der Waals surface area contributed by atoms with Gasteiger partial charge in [-0.1, -0.05) is 58.8 Å². The molecule has 2 N–H and O–H groups in total. The van der Waals surface area contributed by atoms with Crippen molar-refractivity contribution < 1.29 is 14.7 Å². The van der Waals surface area contributed by atoms with Crippen molar-refractivity contribution in [3.8, 4) is 0 Å². The van der Waals surface area contributed by atoms with Crippen LogP contribution in [-0.4, -0.2) is 24.2 Å². The van der Waals surface area contributed by atoms with Crippen LogP contribution in [0.3, 0.4) is 0 Å². The van der Waals surface area contributed by atoms with Gasteiger partial charge in [-0.2, -0.15) is 0 Å². The number of aliphatic carboxylic acids is 1. The Labute approximate surface area is 113 Å². The quantitative estimate of drug-likeness (QED) is 0.442. The SMILES string of the molecule is CCCCCCCCC[Si](C)(O)CC(C)C(=O)O. The second-order valence-corrected chi connectivity index (χ2v) is 9.71. The lowest BCUT2D eigenvalue weighted by Crippen LogP contribution is -2.33. The molecule has 0 aromatic rings. The van der Waals surface area contributed by atoms with Crippen molar-refractivity contribution in [1.29, 1.82) is 0 Å². The topological polar surface area (TPSA) is 57.5 Å². The van der Waals surface area contributed by atoms with Crippen molar-refractivity contribution in [3.63, 3.8) is 0 Å². The molecule has 0 aliphatic heterocycles. The number of carbonyl (C=O) groups is 1. The molecule has 0 rings (SSSR count). The molecule has 0 fully saturated rings. The number of hydrogen-bond acceptors (Lipinski definition) is 2. The fourth-order valence-corrected chi connectivity index (χ4v) is 5.02. The van der Waals surface area contributed by atoms with E-state index in [1.165, 1.54) is 38.5 Å². The summed E-state index contributed by atoms with van der Waals surface area (Å²) in [5.41, 5.74) is 0. The van der Waals surface area contributed by atoms with E-state index in [0.29, 0.717) is 6.04 Å². The summed E-state index contributed by atoms with van der Waals surface area (Å²) < 4.78 is 0. The zero-order valence-electron chi connectivity index (χ0n) is 12.2. The van der Waals surface area contributed by atoms with Gasteiger partial charge in [0, 0.05) is 0 Å². The number of carboxylic acids is 1. The minimum atomic E-state index is -2.29.